The van der Waals surface area contributed by atoms with Crippen molar-refractivity contribution in [3.8, 4) is 0 Å². The number of esters is 1. The summed E-state index contributed by atoms with van der Waals surface area (Å²) in [7, 11) is 0. The summed E-state index contributed by atoms with van der Waals surface area (Å²) in [4.78, 5) is 11.1. The fourth-order valence-corrected chi connectivity index (χ4v) is 2.04. The highest BCUT2D eigenvalue weighted by Crippen LogP contribution is 2.12. The van der Waals surface area contributed by atoms with Crippen molar-refractivity contribution in [2.24, 2.45) is 5.92 Å². The number of piperidine rings is 1. The van der Waals surface area contributed by atoms with E-state index in [1.165, 1.54) is 17.7 Å². The van der Waals surface area contributed by atoms with Crippen LogP contribution in [-0.2, 0) is 16.0 Å². The third-order valence-electron chi connectivity index (χ3n) is 3.28. The van der Waals surface area contributed by atoms with Gasteiger partial charge in [0.1, 0.15) is 5.82 Å². The summed E-state index contributed by atoms with van der Waals surface area (Å²) in [6.45, 7) is 6.29. The van der Waals surface area contributed by atoms with E-state index in [1.807, 2.05) is 13.8 Å². The maximum atomic E-state index is 12.2. The Morgan fingerprint density at radius 1 is 1.25 bits per heavy atom. The van der Waals surface area contributed by atoms with Gasteiger partial charge < -0.3 is 10.1 Å². The molecule has 1 aliphatic rings. The van der Waals surface area contributed by atoms with Gasteiger partial charge in [0.25, 0.3) is 0 Å². The van der Waals surface area contributed by atoms with Crippen LogP contribution >= 0.6 is 0 Å². The van der Waals surface area contributed by atoms with E-state index in [0.717, 1.165) is 32.4 Å². The van der Waals surface area contributed by atoms with E-state index < -0.39 is 0 Å². The van der Waals surface area contributed by atoms with Gasteiger partial charge in [-0.05, 0) is 57.0 Å². The topological polar surface area (TPSA) is 38.3 Å². The number of carbonyl (C=O) groups excluding carboxylic acids is 1. The normalized spacial score (nSPS) is 15.2. The van der Waals surface area contributed by atoms with Crippen LogP contribution in [0.1, 0.15) is 32.3 Å². The lowest BCUT2D eigenvalue weighted by molar-refractivity contribution is -0.148. The summed E-state index contributed by atoms with van der Waals surface area (Å²) in [5, 5.41) is 3.20. The van der Waals surface area contributed by atoms with E-state index in [1.54, 1.807) is 12.1 Å². The van der Waals surface area contributed by atoms with Crippen molar-refractivity contribution in [1.29, 1.82) is 0 Å². The number of hydrogen-bond donors (Lipinski definition) is 1. The van der Waals surface area contributed by atoms with Gasteiger partial charge in [0, 0.05) is 0 Å². The van der Waals surface area contributed by atoms with E-state index in [0.29, 0.717) is 6.61 Å². The maximum absolute atomic E-state index is 12.2. The SMILES string of the molecule is CCOC(=O)C1CCNCC1.CCc1ccc(F)cc1. The monoisotopic (exact) mass is 281 g/mol. The molecular formula is C16H24FNO2. The third kappa shape index (κ3) is 6.15. The molecule has 0 spiro atoms. The second-order valence-corrected chi connectivity index (χ2v) is 4.76. The largest absolute Gasteiger partial charge is 0.466 e. The van der Waals surface area contributed by atoms with Gasteiger partial charge in [0.2, 0.25) is 0 Å². The minimum Gasteiger partial charge on any atom is -0.466 e. The van der Waals surface area contributed by atoms with Crippen LogP contribution < -0.4 is 5.32 Å². The second kappa shape index (κ2) is 9.48. The molecule has 1 N–H and O–H groups in total. The van der Waals surface area contributed by atoms with Gasteiger partial charge in [-0.2, -0.15) is 0 Å². The Morgan fingerprint density at radius 3 is 2.35 bits per heavy atom. The van der Waals surface area contributed by atoms with Gasteiger partial charge in [-0.25, -0.2) is 4.39 Å². The summed E-state index contributed by atoms with van der Waals surface area (Å²) in [5.41, 5.74) is 1.18. The molecule has 0 amide bonds. The number of aryl methyl sites for hydroxylation is 1. The molecular weight excluding hydrogens is 257 g/mol. The van der Waals surface area contributed by atoms with Crippen molar-refractivity contribution in [1.82, 2.24) is 5.32 Å². The molecule has 1 heterocycles. The van der Waals surface area contributed by atoms with E-state index in [-0.39, 0.29) is 17.7 Å². The predicted octanol–water partition coefficient (Wildman–Crippen LogP) is 2.94. The van der Waals surface area contributed by atoms with Gasteiger partial charge in [0.15, 0.2) is 0 Å². The fraction of sp³-hybridized carbons (Fsp3) is 0.562. The van der Waals surface area contributed by atoms with Crippen LogP contribution in [0.15, 0.2) is 24.3 Å². The average molecular weight is 281 g/mol. The molecule has 3 nitrogen and oxygen atoms in total. The van der Waals surface area contributed by atoms with E-state index >= 15 is 0 Å². The van der Waals surface area contributed by atoms with E-state index in [4.69, 9.17) is 4.74 Å². The van der Waals surface area contributed by atoms with Crippen molar-refractivity contribution in [2.45, 2.75) is 33.1 Å². The van der Waals surface area contributed by atoms with Crippen molar-refractivity contribution in [3.05, 3.63) is 35.6 Å². The Bertz CT molecular complexity index is 386. The van der Waals surface area contributed by atoms with Crippen LogP contribution in [0.2, 0.25) is 0 Å². The molecule has 1 aromatic rings. The highest BCUT2D eigenvalue weighted by atomic mass is 19.1. The molecule has 20 heavy (non-hydrogen) atoms. The Morgan fingerprint density at radius 2 is 1.85 bits per heavy atom. The molecule has 1 aliphatic heterocycles. The van der Waals surface area contributed by atoms with Gasteiger partial charge >= 0.3 is 5.97 Å². The summed E-state index contributed by atoms with van der Waals surface area (Å²) in [5.74, 6) is -0.0302. The zero-order valence-corrected chi connectivity index (χ0v) is 12.3. The maximum Gasteiger partial charge on any atom is 0.309 e. The smallest absolute Gasteiger partial charge is 0.309 e. The number of rotatable bonds is 3. The summed E-state index contributed by atoms with van der Waals surface area (Å²) in [6.07, 6.45) is 2.83. The van der Waals surface area contributed by atoms with Crippen molar-refractivity contribution in [2.75, 3.05) is 19.7 Å². The molecule has 4 heteroatoms. The molecule has 0 aliphatic carbocycles. The molecule has 0 radical (unpaired) electrons. The number of carbonyl (C=O) groups is 1. The summed E-state index contributed by atoms with van der Waals surface area (Å²) < 4.78 is 17.1. The Labute approximate surface area is 120 Å². The first kappa shape index (κ1) is 16.6. The molecule has 1 fully saturated rings. The first-order valence-corrected chi connectivity index (χ1v) is 7.29. The van der Waals surface area contributed by atoms with Crippen LogP contribution in [0.25, 0.3) is 0 Å². The fourth-order valence-electron chi connectivity index (χ4n) is 2.04. The standard InChI is InChI=1S/C8H9F.C8H15NO2/c1-2-7-3-5-8(9)6-4-7;1-2-11-8(10)7-3-5-9-6-4-7/h3-6H,2H2,1H3;7,9H,2-6H2,1H3. The van der Waals surface area contributed by atoms with E-state index in [9.17, 15) is 9.18 Å². The molecule has 112 valence electrons. The number of hydrogen-bond acceptors (Lipinski definition) is 3. The van der Waals surface area contributed by atoms with Crippen LogP contribution in [0.4, 0.5) is 4.39 Å². The quantitative estimate of drug-likeness (QED) is 0.866. The minimum atomic E-state index is -0.160. The predicted molar refractivity (Wildman–Crippen MR) is 78.0 cm³/mol. The van der Waals surface area contributed by atoms with Crippen LogP contribution in [-0.4, -0.2) is 25.7 Å². The Kier molecular flexibility index (Phi) is 7.88. The number of halogens is 1. The van der Waals surface area contributed by atoms with Gasteiger partial charge in [-0.1, -0.05) is 19.1 Å². The lowest BCUT2D eigenvalue weighted by atomic mass is 9.99. The van der Waals surface area contributed by atoms with Crippen molar-refractivity contribution < 1.29 is 13.9 Å². The zero-order chi connectivity index (χ0) is 14.8. The molecule has 0 unspecified atom stereocenters. The van der Waals surface area contributed by atoms with Gasteiger partial charge in [-0.15, -0.1) is 0 Å². The number of nitrogens with one attached hydrogen (secondary N) is 1. The van der Waals surface area contributed by atoms with Crippen LogP contribution in [0.5, 0.6) is 0 Å². The van der Waals surface area contributed by atoms with Gasteiger partial charge in [-0.3, -0.25) is 4.79 Å². The molecule has 2 rings (SSSR count). The number of benzene rings is 1. The molecule has 0 atom stereocenters. The van der Waals surface area contributed by atoms with E-state index in [2.05, 4.69) is 5.32 Å². The lowest BCUT2D eigenvalue weighted by Crippen LogP contribution is -2.32. The molecule has 0 bridgehead atoms. The molecule has 1 aromatic carbocycles. The lowest BCUT2D eigenvalue weighted by Gasteiger charge is -2.20. The summed E-state index contributed by atoms with van der Waals surface area (Å²) in [6, 6.07) is 6.57. The number of ether oxygens (including phenoxy) is 1. The van der Waals surface area contributed by atoms with Crippen LogP contribution in [0.3, 0.4) is 0 Å². The highest BCUT2D eigenvalue weighted by molar-refractivity contribution is 5.72. The van der Waals surface area contributed by atoms with Gasteiger partial charge in [0.05, 0.1) is 12.5 Å². The highest BCUT2D eigenvalue weighted by Gasteiger charge is 2.21. The van der Waals surface area contributed by atoms with Crippen molar-refractivity contribution >= 4 is 5.97 Å². The average Bonchev–Trinajstić information content (AvgIpc) is 2.50. The molecule has 0 saturated carbocycles. The zero-order valence-electron chi connectivity index (χ0n) is 12.3. The minimum absolute atomic E-state index is 0.0194. The van der Waals surface area contributed by atoms with Crippen molar-refractivity contribution in [3.63, 3.8) is 0 Å². The Balaban J connectivity index is 0.000000204. The molecule has 1 saturated heterocycles. The van der Waals surface area contributed by atoms with Crippen LogP contribution in [0, 0.1) is 11.7 Å². The first-order chi connectivity index (χ1) is 9.67. The second-order valence-electron chi connectivity index (χ2n) is 4.76. The summed E-state index contributed by atoms with van der Waals surface area (Å²) >= 11 is 0. The third-order valence-corrected chi connectivity index (χ3v) is 3.28. The first-order valence-electron chi connectivity index (χ1n) is 7.29. The molecule has 0 aromatic heterocycles. The Hall–Kier alpha value is -1.42.